The Labute approximate surface area is 130 Å². The Morgan fingerprint density at radius 1 is 1.35 bits per heavy atom. The van der Waals surface area contributed by atoms with Crippen LogP contribution in [0.25, 0.3) is 0 Å². The Kier molecular flexibility index (Phi) is 4.97. The van der Waals surface area contributed by atoms with Crippen LogP contribution in [0.15, 0.2) is 22.7 Å². The lowest BCUT2D eigenvalue weighted by Crippen LogP contribution is -2.46. The number of anilines is 1. The van der Waals surface area contributed by atoms with Gasteiger partial charge in [-0.2, -0.15) is 0 Å². The van der Waals surface area contributed by atoms with E-state index in [4.69, 9.17) is 4.74 Å². The van der Waals surface area contributed by atoms with E-state index in [1.54, 1.807) is 7.11 Å². The summed E-state index contributed by atoms with van der Waals surface area (Å²) in [7, 11) is 1.70. The molecule has 0 saturated carbocycles. The molecular formula is C16H25BrN2O. The molecule has 1 fully saturated rings. The Morgan fingerprint density at radius 2 is 2.10 bits per heavy atom. The van der Waals surface area contributed by atoms with E-state index in [-0.39, 0.29) is 5.41 Å². The minimum atomic E-state index is 0.270. The van der Waals surface area contributed by atoms with Crippen LogP contribution in [0.2, 0.25) is 0 Å². The van der Waals surface area contributed by atoms with E-state index in [1.165, 1.54) is 12.1 Å². The molecule has 1 atom stereocenters. The highest BCUT2D eigenvalue weighted by atomic mass is 79.9. The Hall–Kier alpha value is -0.740. The van der Waals surface area contributed by atoms with Gasteiger partial charge < -0.3 is 15.0 Å². The molecule has 1 aliphatic rings. The lowest BCUT2D eigenvalue weighted by atomic mass is 9.86. The molecular weight excluding hydrogens is 316 g/mol. The first-order chi connectivity index (χ1) is 9.41. The molecule has 0 spiro atoms. The van der Waals surface area contributed by atoms with Crippen molar-refractivity contribution in [1.29, 1.82) is 0 Å². The summed E-state index contributed by atoms with van der Waals surface area (Å²) >= 11 is 3.58. The monoisotopic (exact) mass is 340 g/mol. The minimum absolute atomic E-state index is 0.270. The number of nitrogens with zero attached hydrogens (tertiary/aromatic N) is 1. The third-order valence-corrected chi connectivity index (χ3v) is 4.56. The fraction of sp³-hybridized carbons (Fsp3) is 0.625. The van der Waals surface area contributed by atoms with E-state index in [9.17, 15) is 0 Å². The van der Waals surface area contributed by atoms with Crippen LogP contribution in [0.4, 0.5) is 5.69 Å². The maximum Gasteiger partial charge on any atom is 0.133 e. The Bertz CT molecular complexity index is 456. The van der Waals surface area contributed by atoms with Gasteiger partial charge in [0.1, 0.15) is 5.75 Å². The highest BCUT2D eigenvalue weighted by Gasteiger charge is 2.28. The number of ether oxygens (including phenoxy) is 1. The molecule has 1 heterocycles. The van der Waals surface area contributed by atoms with Gasteiger partial charge in [0.2, 0.25) is 0 Å². The van der Waals surface area contributed by atoms with Crippen molar-refractivity contribution >= 4 is 21.6 Å². The predicted octanol–water partition coefficient (Wildman–Crippen LogP) is 3.67. The Morgan fingerprint density at radius 3 is 2.70 bits per heavy atom. The van der Waals surface area contributed by atoms with Crippen LogP contribution >= 0.6 is 15.9 Å². The second-order valence-corrected chi connectivity index (χ2v) is 7.35. The minimum Gasteiger partial charge on any atom is -0.496 e. The predicted molar refractivity (Wildman–Crippen MR) is 88.8 cm³/mol. The molecule has 2 rings (SSSR count). The van der Waals surface area contributed by atoms with Crippen molar-refractivity contribution in [3.05, 3.63) is 22.7 Å². The van der Waals surface area contributed by atoms with E-state index >= 15 is 0 Å². The largest absolute Gasteiger partial charge is 0.496 e. The van der Waals surface area contributed by atoms with E-state index in [0.29, 0.717) is 6.04 Å². The average Bonchev–Trinajstić information content (AvgIpc) is 2.64. The summed E-state index contributed by atoms with van der Waals surface area (Å²) in [6, 6.07) is 6.84. The van der Waals surface area contributed by atoms with Gasteiger partial charge in [-0.05, 0) is 52.5 Å². The summed E-state index contributed by atoms with van der Waals surface area (Å²) in [6.45, 7) is 10.1. The summed E-state index contributed by atoms with van der Waals surface area (Å²) in [6.07, 6.45) is 1.18. The van der Waals surface area contributed by atoms with Gasteiger partial charge in [0.05, 0.1) is 11.6 Å². The maximum absolute atomic E-state index is 5.31. The molecule has 0 amide bonds. The summed E-state index contributed by atoms with van der Waals surface area (Å²) < 4.78 is 6.33. The van der Waals surface area contributed by atoms with Gasteiger partial charge in [-0.25, -0.2) is 0 Å². The second kappa shape index (κ2) is 6.35. The van der Waals surface area contributed by atoms with Gasteiger partial charge in [0.15, 0.2) is 0 Å². The van der Waals surface area contributed by atoms with Crippen LogP contribution in [0.1, 0.15) is 27.2 Å². The van der Waals surface area contributed by atoms with Crippen LogP contribution in [0.5, 0.6) is 5.75 Å². The van der Waals surface area contributed by atoms with Gasteiger partial charge in [-0.1, -0.05) is 20.8 Å². The molecule has 0 aliphatic carbocycles. The summed E-state index contributed by atoms with van der Waals surface area (Å²) in [5.74, 6) is 0.883. The highest BCUT2D eigenvalue weighted by Crippen LogP contribution is 2.31. The lowest BCUT2D eigenvalue weighted by molar-refractivity contribution is 0.280. The number of nitrogens with one attached hydrogen (secondary N) is 1. The molecule has 3 nitrogen and oxygen atoms in total. The van der Waals surface area contributed by atoms with Gasteiger partial charge in [-0.3, -0.25) is 0 Å². The zero-order chi connectivity index (χ0) is 14.8. The summed E-state index contributed by atoms with van der Waals surface area (Å²) in [5, 5.41) is 3.68. The van der Waals surface area contributed by atoms with Crippen LogP contribution in [-0.2, 0) is 0 Å². The molecule has 1 unspecified atom stereocenters. The van der Waals surface area contributed by atoms with Crippen LogP contribution in [-0.4, -0.2) is 32.8 Å². The van der Waals surface area contributed by atoms with Crippen molar-refractivity contribution in [3.63, 3.8) is 0 Å². The number of benzene rings is 1. The second-order valence-electron chi connectivity index (χ2n) is 6.49. The molecule has 1 aromatic rings. The third kappa shape index (κ3) is 3.67. The highest BCUT2D eigenvalue weighted by molar-refractivity contribution is 9.10. The maximum atomic E-state index is 5.31. The smallest absolute Gasteiger partial charge is 0.133 e. The fourth-order valence-corrected chi connectivity index (χ4v) is 3.12. The average molecular weight is 341 g/mol. The number of halogens is 1. The molecule has 112 valence electrons. The van der Waals surface area contributed by atoms with E-state index < -0.39 is 0 Å². The number of rotatable bonds is 2. The van der Waals surface area contributed by atoms with Gasteiger partial charge in [-0.15, -0.1) is 0 Å². The van der Waals surface area contributed by atoms with Gasteiger partial charge in [0.25, 0.3) is 0 Å². The fourth-order valence-electron chi connectivity index (χ4n) is 2.59. The molecule has 20 heavy (non-hydrogen) atoms. The molecule has 4 heteroatoms. The topological polar surface area (TPSA) is 24.5 Å². The van der Waals surface area contributed by atoms with E-state index in [1.807, 2.05) is 6.07 Å². The molecule has 0 aromatic heterocycles. The van der Waals surface area contributed by atoms with E-state index in [0.717, 1.165) is 29.9 Å². The quantitative estimate of drug-likeness (QED) is 0.888. The number of methoxy groups -OCH3 is 1. The molecule has 1 N–H and O–H groups in total. The third-order valence-electron chi connectivity index (χ3n) is 3.94. The van der Waals surface area contributed by atoms with Crippen molar-refractivity contribution in [2.45, 2.75) is 33.2 Å². The van der Waals surface area contributed by atoms with Crippen LogP contribution in [0, 0.1) is 5.41 Å². The first kappa shape index (κ1) is 15.6. The summed E-state index contributed by atoms with van der Waals surface area (Å²) in [4.78, 5) is 2.47. The van der Waals surface area contributed by atoms with Crippen molar-refractivity contribution in [2.24, 2.45) is 5.41 Å². The van der Waals surface area contributed by atoms with Gasteiger partial charge in [0, 0.05) is 24.8 Å². The van der Waals surface area contributed by atoms with Crippen molar-refractivity contribution in [2.75, 3.05) is 31.6 Å². The van der Waals surface area contributed by atoms with Gasteiger partial charge >= 0.3 is 0 Å². The lowest BCUT2D eigenvalue weighted by Gasteiger charge is -2.34. The summed E-state index contributed by atoms with van der Waals surface area (Å²) in [5.41, 5.74) is 1.53. The first-order valence-electron chi connectivity index (χ1n) is 7.23. The molecule has 0 radical (unpaired) electrons. The molecule has 1 aliphatic heterocycles. The normalized spacial score (nSPS) is 20.6. The first-order valence-corrected chi connectivity index (χ1v) is 8.03. The van der Waals surface area contributed by atoms with Crippen molar-refractivity contribution in [1.82, 2.24) is 5.32 Å². The zero-order valence-electron chi connectivity index (χ0n) is 12.9. The molecule has 1 saturated heterocycles. The van der Waals surface area contributed by atoms with Crippen molar-refractivity contribution < 1.29 is 4.74 Å². The van der Waals surface area contributed by atoms with Crippen molar-refractivity contribution in [3.8, 4) is 5.75 Å². The number of hydrogen-bond donors (Lipinski definition) is 1. The SMILES string of the molecule is COc1ccc(N2CCCNC(C(C)(C)C)C2)cc1Br. The van der Waals surface area contributed by atoms with Crippen LogP contribution in [0.3, 0.4) is 0 Å². The standard InChI is InChI=1S/C16H25BrN2O/c1-16(2,3)15-11-19(9-5-8-18-15)12-6-7-14(20-4)13(17)10-12/h6-7,10,15,18H,5,8-9,11H2,1-4H3. The zero-order valence-corrected chi connectivity index (χ0v) is 14.5. The Balaban J connectivity index is 2.20. The van der Waals surface area contributed by atoms with E-state index in [2.05, 4.69) is 59.1 Å². The molecule has 0 bridgehead atoms. The molecule has 1 aromatic carbocycles. The number of hydrogen-bond acceptors (Lipinski definition) is 3. The van der Waals surface area contributed by atoms with Crippen LogP contribution < -0.4 is 15.0 Å².